The zero-order valence-corrected chi connectivity index (χ0v) is 16.0. The van der Waals surface area contributed by atoms with E-state index in [1.165, 1.54) is 0 Å². The summed E-state index contributed by atoms with van der Waals surface area (Å²) in [5, 5.41) is 9.12. The summed E-state index contributed by atoms with van der Waals surface area (Å²) in [7, 11) is 0. The van der Waals surface area contributed by atoms with Crippen molar-refractivity contribution >= 4 is 23.6 Å². The highest BCUT2D eigenvalue weighted by atomic mass is 16.7. The summed E-state index contributed by atoms with van der Waals surface area (Å²) < 4.78 is 5.04. The van der Waals surface area contributed by atoms with Crippen molar-refractivity contribution in [1.29, 1.82) is 0 Å². The number of aliphatic carboxylic acids is 1. The number of rotatable bonds is 11. The van der Waals surface area contributed by atoms with E-state index in [0.29, 0.717) is 5.56 Å². The van der Waals surface area contributed by atoms with Gasteiger partial charge >= 0.3 is 11.9 Å². The lowest BCUT2D eigenvalue weighted by molar-refractivity contribution is -0.160. The SMILES string of the molecule is NC(C(=O)O)C(C(=O)CONC(=O)Cc1ccccc1)C(=O)OCc1ccccc1. The lowest BCUT2D eigenvalue weighted by atomic mass is 9.96. The standard InChI is InChI=1S/C21H22N2O7/c22-19(20(26)27)18(21(28)29-12-15-9-5-2-6-10-15)16(24)13-30-23-17(25)11-14-7-3-1-4-8-14/h1-10,18-19H,11-13,22H2,(H,23,25)(H,26,27). The van der Waals surface area contributed by atoms with Gasteiger partial charge in [0, 0.05) is 0 Å². The summed E-state index contributed by atoms with van der Waals surface area (Å²) >= 11 is 0. The number of esters is 1. The fourth-order valence-electron chi connectivity index (χ4n) is 2.53. The van der Waals surface area contributed by atoms with Gasteiger partial charge in [0.1, 0.15) is 25.2 Å². The highest BCUT2D eigenvalue weighted by molar-refractivity contribution is 6.04. The van der Waals surface area contributed by atoms with Gasteiger partial charge in [-0.3, -0.25) is 24.0 Å². The number of Topliss-reactive ketones (excluding diaryl/α,β-unsaturated/α-hetero) is 1. The molecule has 0 aliphatic heterocycles. The van der Waals surface area contributed by atoms with Crippen molar-refractivity contribution in [1.82, 2.24) is 5.48 Å². The van der Waals surface area contributed by atoms with Gasteiger partial charge in [0.2, 0.25) is 5.91 Å². The molecule has 2 aromatic rings. The predicted molar refractivity (Wildman–Crippen MR) is 105 cm³/mol. The van der Waals surface area contributed by atoms with Crippen molar-refractivity contribution in [3.05, 3.63) is 71.8 Å². The Bertz CT molecular complexity index is 871. The van der Waals surface area contributed by atoms with Crippen LogP contribution in [0.25, 0.3) is 0 Å². The molecule has 2 rings (SSSR count). The van der Waals surface area contributed by atoms with Crippen molar-refractivity contribution in [2.24, 2.45) is 11.7 Å². The number of carbonyl (C=O) groups excluding carboxylic acids is 3. The Morgan fingerprint density at radius 3 is 2.07 bits per heavy atom. The van der Waals surface area contributed by atoms with Gasteiger partial charge < -0.3 is 15.6 Å². The van der Waals surface area contributed by atoms with Gasteiger partial charge in [0.05, 0.1) is 6.42 Å². The number of ether oxygens (including phenoxy) is 1. The predicted octanol–water partition coefficient (Wildman–Crippen LogP) is 0.618. The van der Waals surface area contributed by atoms with Crippen LogP contribution in [0.15, 0.2) is 60.7 Å². The van der Waals surface area contributed by atoms with Crippen LogP contribution in [0.5, 0.6) is 0 Å². The number of carbonyl (C=O) groups is 4. The molecule has 2 aromatic carbocycles. The second kappa shape index (κ2) is 11.4. The molecule has 1 amide bonds. The summed E-state index contributed by atoms with van der Waals surface area (Å²) in [6, 6.07) is 15.7. The number of ketones is 1. The van der Waals surface area contributed by atoms with Gasteiger partial charge in [0.25, 0.3) is 0 Å². The van der Waals surface area contributed by atoms with Crippen LogP contribution in [0, 0.1) is 5.92 Å². The minimum Gasteiger partial charge on any atom is -0.480 e. The Kier molecular flexibility index (Phi) is 8.67. The van der Waals surface area contributed by atoms with Crippen LogP contribution in [0.3, 0.4) is 0 Å². The molecule has 0 bridgehead atoms. The molecule has 9 heteroatoms. The van der Waals surface area contributed by atoms with E-state index in [1.807, 2.05) is 0 Å². The van der Waals surface area contributed by atoms with Crippen LogP contribution in [0.4, 0.5) is 0 Å². The quantitative estimate of drug-likeness (QED) is 0.276. The van der Waals surface area contributed by atoms with Gasteiger partial charge in [0.15, 0.2) is 5.78 Å². The summed E-state index contributed by atoms with van der Waals surface area (Å²) in [5.74, 6) is -5.85. The molecule has 0 aromatic heterocycles. The van der Waals surface area contributed by atoms with E-state index in [4.69, 9.17) is 20.4 Å². The third-order valence-electron chi connectivity index (χ3n) is 4.08. The third kappa shape index (κ3) is 7.12. The monoisotopic (exact) mass is 414 g/mol. The largest absolute Gasteiger partial charge is 0.480 e. The lowest BCUT2D eigenvalue weighted by Crippen LogP contribution is -2.48. The van der Waals surface area contributed by atoms with Crippen molar-refractivity contribution < 1.29 is 33.9 Å². The summed E-state index contributed by atoms with van der Waals surface area (Å²) in [5.41, 5.74) is 8.98. The highest BCUT2D eigenvalue weighted by Crippen LogP contribution is 2.11. The maximum atomic E-state index is 12.4. The molecule has 0 saturated carbocycles. The van der Waals surface area contributed by atoms with Crippen molar-refractivity contribution in [3.8, 4) is 0 Å². The number of benzene rings is 2. The van der Waals surface area contributed by atoms with Crippen LogP contribution in [-0.2, 0) is 41.8 Å². The third-order valence-corrected chi connectivity index (χ3v) is 4.08. The zero-order valence-electron chi connectivity index (χ0n) is 16.0. The minimum absolute atomic E-state index is 0.0201. The maximum Gasteiger partial charge on any atom is 0.321 e. The van der Waals surface area contributed by atoms with Crippen molar-refractivity contribution in [2.75, 3.05) is 6.61 Å². The number of nitrogens with two attached hydrogens (primary N) is 1. The van der Waals surface area contributed by atoms with E-state index >= 15 is 0 Å². The van der Waals surface area contributed by atoms with Gasteiger partial charge in [-0.25, -0.2) is 5.48 Å². The first kappa shape index (κ1) is 22.7. The van der Waals surface area contributed by atoms with Crippen molar-refractivity contribution in [3.63, 3.8) is 0 Å². The molecule has 0 aliphatic rings. The minimum atomic E-state index is -1.82. The summed E-state index contributed by atoms with van der Waals surface area (Å²) in [6.45, 7) is -0.892. The maximum absolute atomic E-state index is 12.4. The van der Waals surface area contributed by atoms with Gasteiger partial charge in [-0.15, -0.1) is 0 Å². The average Bonchev–Trinajstić information content (AvgIpc) is 2.73. The Balaban J connectivity index is 1.90. The van der Waals surface area contributed by atoms with Gasteiger partial charge in [-0.2, -0.15) is 0 Å². The smallest absolute Gasteiger partial charge is 0.321 e. The van der Waals surface area contributed by atoms with Gasteiger partial charge in [-0.1, -0.05) is 60.7 Å². The van der Waals surface area contributed by atoms with E-state index in [0.717, 1.165) is 5.56 Å². The van der Waals surface area contributed by atoms with E-state index in [1.54, 1.807) is 60.7 Å². The van der Waals surface area contributed by atoms with Gasteiger partial charge in [-0.05, 0) is 11.1 Å². The molecule has 2 atom stereocenters. The van der Waals surface area contributed by atoms with E-state index in [2.05, 4.69) is 5.48 Å². The molecule has 158 valence electrons. The highest BCUT2D eigenvalue weighted by Gasteiger charge is 2.38. The van der Waals surface area contributed by atoms with E-state index < -0.39 is 42.2 Å². The van der Waals surface area contributed by atoms with Crippen LogP contribution >= 0.6 is 0 Å². The molecule has 0 heterocycles. The molecule has 4 N–H and O–H groups in total. The number of hydroxylamine groups is 1. The molecule has 0 saturated heterocycles. The fraction of sp³-hybridized carbons (Fsp3) is 0.238. The van der Waals surface area contributed by atoms with Crippen LogP contribution in [-0.4, -0.2) is 41.4 Å². The Hall–Kier alpha value is -3.56. The topological polar surface area (TPSA) is 145 Å². The Morgan fingerprint density at radius 2 is 1.50 bits per heavy atom. The molecule has 0 aliphatic carbocycles. The number of amides is 1. The second-order valence-electron chi connectivity index (χ2n) is 6.38. The first-order valence-electron chi connectivity index (χ1n) is 9.04. The number of hydrogen-bond acceptors (Lipinski definition) is 7. The fourth-order valence-corrected chi connectivity index (χ4v) is 2.53. The second-order valence-corrected chi connectivity index (χ2v) is 6.38. The zero-order chi connectivity index (χ0) is 21.9. The Labute approximate surface area is 172 Å². The number of nitrogens with one attached hydrogen (secondary N) is 1. The Morgan fingerprint density at radius 1 is 0.933 bits per heavy atom. The first-order valence-corrected chi connectivity index (χ1v) is 9.04. The molecular weight excluding hydrogens is 392 g/mol. The van der Waals surface area contributed by atoms with Crippen LogP contribution in [0.2, 0.25) is 0 Å². The van der Waals surface area contributed by atoms with Crippen LogP contribution in [0.1, 0.15) is 11.1 Å². The molecule has 0 radical (unpaired) electrons. The molecule has 9 nitrogen and oxygen atoms in total. The summed E-state index contributed by atoms with van der Waals surface area (Å²) in [6.07, 6.45) is 0.0201. The lowest BCUT2D eigenvalue weighted by Gasteiger charge is -2.18. The molecule has 2 unspecified atom stereocenters. The normalized spacial score (nSPS) is 12.4. The summed E-state index contributed by atoms with van der Waals surface area (Å²) in [4.78, 5) is 52.6. The molecule has 0 spiro atoms. The number of hydrogen-bond donors (Lipinski definition) is 3. The van der Waals surface area contributed by atoms with E-state index in [9.17, 15) is 19.2 Å². The number of carboxylic acids is 1. The molecule has 30 heavy (non-hydrogen) atoms. The van der Waals surface area contributed by atoms with E-state index in [-0.39, 0.29) is 13.0 Å². The first-order chi connectivity index (χ1) is 14.4. The van der Waals surface area contributed by atoms with Crippen molar-refractivity contribution in [2.45, 2.75) is 19.1 Å². The molecule has 0 fully saturated rings. The van der Waals surface area contributed by atoms with Crippen LogP contribution < -0.4 is 11.2 Å². The average molecular weight is 414 g/mol. The molecular formula is C21H22N2O7. The number of carboxylic acid groups (broad SMARTS) is 1.